The van der Waals surface area contributed by atoms with Gasteiger partial charge in [0, 0.05) is 32.1 Å². The molecule has 142 valence electrons. The number of hydrogen-bond donors (Lipinski definition) is 0. The molecule has 3 nitrogen and oxygen atoms in total. The Kier molecular flexibility index (Phi) is 5.89. The van der Waals surface area contributed by atoms with Crippen LogP contribution in [0.3, 0.4) is 0 Å². The van der Waals surface area contributed by atoms with E-state index in [9.17, 15) is 0 Å². The molecule has 0 unspecified atom stereocenters. The van der Waals surface area contributed by atoms with Crippen LogP contribution in [0.4, 0.5) is 0 Å². The smallest absolute Gasteiger partial charge is 0.217 e. The minimum atomic E-state index is -0.490. The second-order valence-corrected chi connectivity index (χ2v) is 8.22. The van der Waals surface area contributed by atoms with E-state index in [0.717, 1.165) is 23.1 Å². The largest absolute Gasteiger partial charge is 0.488 e. The Morgan fingerprint density at radius 2 is 1.59 bits per heavy atom. The summed E-state index contributed by atoms with van der Waals surface area (Å²) in [5.41, 5.74) is 2.95. The van der Waals surface area contributed by atoms with Crippen LogP contribution in [-0.4, -0.2) is 19.0 Å². The lowest BCUT2D eigenvalue weighted by Gasteiger charge is -2.26. The molecule has 4 rings (SSSR count). The van der Waals surface area contributed by atoms with Gasteiger partial charge in [0.05, 0.1) is 12.7 Å². The molecule has 0 saturated carbocycles. The Morgan fingerprint density at radius 1 is 0.926 bits per heavy atom. The van der Waals surface area contributed by atoms with Gasteiger partial charge in [-0.2, -0.15) is 0 Å². The summed E-state index contributed by atoms with van der Waals surface area (Å²) in [6.45, 7) is 0.855. The highest BCUT2D eigenvalue weighted by Gasteiger charge is 2.38. The van der Waals surface area contributed by atoms with E-state index in [1.54, 1.807) is 18.2 Å². The van der Waals surface area contributed by atoms with Crippen molar-refractivity contribution in [1.82, 2.24) is 0 Å². The van der Waals surface area contributed by atoms with Crippen molar-refractivity contribution >= 4 is 46.4 Å². The molecule has 2 atom stereocenters. The second-order valence-electron chi connectivity index (χ2n) is 6.53. The van der Waals surface area contributed by atoms with Crippen molar-refractivity contribution in [3.8, 4) is 0 Å². The van der Waals surface area contributed by atoms with Crippen LogP contribution in [0.25, 0.3) is 0 Å². The van der Waals surface area contributed by atoms with Crippen LogP contribution in [-0.2, 0) is 27.2 Å². The maximum atomic E-state index is 6.35. The van der Waals surface area contributed by atoms with Crippen molar-refractivity contribution in [3.05, 3.63) is 78.9 Å². The lowest BCUT2D eigenvalue weighted by atomic mass is 9.97. The zero-order chi connectivity index (χ0) is 19.0. The summed E-state index contributed by atoms with van der Waals surface area (Å²) in [7, 11) is 0. The van der Waals surface area contributed by atoms with Gasteiger partial charge in [-0.25, -0.2) is 0 Å². The molecule has 0 aliphatic carbocycles. The van der Waals surface area contributed by atoms with E-state index in [0.29, 0.717) is 45.5 Å². The summed E-state index contributed by atoms with van der Waals surface area (Å²) in [4.78, 5) is 0. The van der Waals surface area contributed by atoms with E-state index in [1.807, 2.05) is 18.2 Å². The Hall–Kier alpha value is -0.940. The zero-order valence-corrected chi connectivity index (χ0v) is 17.2. The summed E-state index contributed by atoms with van der Waals surface area (Å²) in [6.07, 6.45) is 0.942. The monoisotopic (exact) mass is 444 g/mol. The fraction of sp³-hybridized carbons (Fsp3) is 0.300. The lowest BCUT2D eigenvalue weighted by molar-refractivity contribution is -0.0782. The molecule has 2 aromatic rings. The van der Waals surface area contributed by atoms with Crippen molar-refractivity contribution in [3.63, 3.8) is 0 Å². The van der Waals surface area contributed by atoms with E-state index in [-0.39, 0.29) is 6.10 Å². The van der Waals surface area contributed by atoms with Gasteiger partial charge in [-0.15, -0.1) is 0 Å². The quantitative estimate of drug-likeness (QED) is 0.528. The third-order valence-corrected chi connectivity index (χ3v) is 5.78. The first-order valence-electron chi connectivity index (χ1n) is 8.49. The molecule has 0 N–H and O–H groups in total. The normalized spacial score (nSPS) is 21.6. The van der Waals surface area contributed by atoms with Crippen LogP contribution in [0.2, 0.25) is 20.1 Å². The van der Waals surface area contributed by atoms with Crippen LogP contribution in [0, 0.1) is 0 Å². The highest BCUT2D eigenvalue weighted by molar-refractivity contribution is 6.35. The molecule has 0 spiro atoms. The minimum absolute atomic E-state index is 0.0440. The molecule has 2 aromatic carbocycles. The van der Waals surface area contributed by atoms with Crippen LogP contribution in [0.1, 0.15) is 17.5 Å². The molecule has 7 heteroatoms. The number of ether oxygens (including phenoxy) is 3. The number of fused-ring (bicyclic) bond motifs is 2. The summed E-state index contributed by atoms with van der Waals surface area (Å²) in [5, 5.41) is 2.40. The maximum absolute atomic E-state index is 6.35. The first kappa shape index (κ1) is 19.4. The molecule has 0 radical (unpaired) electrons. The van der Waals surface area contributed by atoms with Gasteiger partial charge in [-0.05, 0) is 41.8 Å². The predicted molar refractivity (Wildman–Crippen MR) is 108 cm³/mol. The van der Waals surface area contributed by atoms with Gasteiger partial charge in [-0.1, -0.05) is 58.5 Å². The molecule has 27 heavy (non-hydrogen) atoms. The van der Waals surface area contributed by atoms with Crippen LogP contribution < -0.4 is 0 Å². The van der Waals surface area contributed by atoms with Gasteiger partial charge in [0.2, 0.25) is 6.29 Å². The van der Waals surface area contributed by atoms with Gasteiger partial charge in [0.15, 0.2) is 5.76 Å². The standard InChI is InChI=1S/C20H16Cl4O3/c21-14-3-1-11(17(23)7-14)5-13-6-16-10-26-20(27-16)19(13)25-9-12-2-4-15(22)8-18(12)24/h1-4,7-8,16,20H,5-6,9-10H2/t16-,20+/m0/s1. The molecular formula is C20H16Cl4O3. The average molecular weight is 446 g/mol. The topological polar surface area (TPSA) is 27.7 Å². The number of benzene rings is 2. The predicted octanol–water partition coefficient (Wildman–Crippen LogP) is 6.46. The molecule has 2 aliphatic heterocycles. The first-order valence-corrected chi connectivity index (χ1v) is 10.0. The fourth-order valence-electron chi connectivity index (χ4n) is 3.25. The third kappa shape index (κ3) is 4.40. The second kappa shape index (κ2) is 8.20. The van der Waals surface area contributed by atoms with Crippen molar-refractivity contribution in [2.75, 3.05) is 6.61 Å². The van der Waals surface area contributed by atoms with E-state index in [1.165, 1.54) is 0 Å². The van der Waals surface area contributed by atoms with Gasteiger partial charge < -0.3 is 14.2 Å². The Balaban J connectivity index is 1.58. The fourth-order valence-corrected chi connectivity index (χ4v) is 4.19. The Morgan fingerprint density at radius 3 is 2.26 bits per heavy atom. The van der Waals surface area contributed by atoms with E-state index in [2.05, 4.69) is 0 Å². The zero-order valence-electron chi connectivity index (χ0n) is 14.2. The highest BCUT2D eigenvalue weighted by atomic mass is 35.5. The summed E-state index contributed by atoms with van der Waals surface area (Å²) in [6, 6.07) is 10.9. The van der Waals surface area contributed by atoms with Crippen LogP contribution in [0.15, 0.2) is 47.7 Å². The molecular weight excluding hydrogens is 430 g/mol. The number of halogens is 4. The van der Waals surface area contributed by atoms with Crippen molar-refractivity contribution in [2.45, 2.75) is 31.8 Å². The van der Waals surface area contributed by atoms with E-state index >= 15 is 0 Å². The number of rotatable bonds is 5. The molecule has 2 heterocycles. The third-order valence-electron chi connectivity index (χ3n) is 4.60. The van der Waals surface area contributed by atoms with Crippen LogP contribution >= 0.6 is 46.4 Å². The molecule has 2 bridgehead atoms. The van der Waals surface area contributed by atoms with Gasteiger partial charge in [0.1, 0.15) is 6.61 Å². The molecule has 0 aromatic heterocycles. The summed E-state index contributed by atoms with van der Waals surface area (Å²) >= 11 is 24.6. The van der Waals surface area contributed by atoms with Crippen molar-refractivity contribution in [1.29, 1.82) is 0 Å². The van der Waals surface area contributed by atoms with Gasteiger partial charge >= 0.3 is 0 Å². The molecule has 1 saturated heterocycles. The Bertz CT molecular complexity index is 897. The summed E-state index contributed by atoms with van der Waals surface area (Å²) in [5.74, 6) is 0.695. The highest BCUT2D eigenvalue weighted by Crippen LogP contribution is 2.36. The Labute approximate surface area is 177 Å². The van der Waals surface area contributed by atoms with Crippen molar-refractivity contribution in [2.24, 2.45) is 0 Å². The van der Waals surface area contributed by atoms with E-state index in [4.69, 9.17) is 60.6 Å². The van der Waals surface area contributed by atoms with Crippen molar-refractivity contribution < 1.29 is 14.2 Å². The minimum Gasteiger partial charge on any atom is -0.488 e. The molecule has 1 fully saturated rings. The lowest BCUT2D eigenvalue weighted by Crippen LogP contribution is -2.25. The average Bonchev–Trinajstić information content (AvgIpc) is 3.01. The summed E-state index contributed by atoms with van der Waals surface area (Å²) < 4.78 is 17.7. The molecule has 2 aliphatic rings. The molecule has 0 amide bonds. The SMILES string of the molecule is Clc1ccc(COC2=C(Cc3ccc(Cl)cc3Cl)C[C@H]3CO[C@@H]2O3)c(Cl)c1. The number of hydrogen-bond acceptors (Lipinski definition) is 3. The van der Waals surface area contributed by atoms with Gasteiger partial charge in [0.25, 0.3) is 0 Å². The van der Waals surface area contributed by atoms with Gasteiger partial charge in [-0.3, -0.25) is 0 Å². The van der Waals surface area contributed by atoms with E-state index < -0.39 is 6.29 Å². The van der Waals surface area contributed by atoms with Crippen LogP contribution in [0.5, 0.6) is 0 Å². The maximum Gasteiger partial charge on any atom is 0.217 e. The first-order chi connectivity index (χ1) is 13.0.